The Labute approximate surface area is 130 Å². The Hall–Kier alpha value is -1.79. The molecule has 0 bridgehead atoms. The molecular formula is C18H18N2S. The van der Waals surface area contributed by atoms with Crippen molar-refractivity contribution in [3.05, 3.63) is 46.5 Å². The molecule has 1 aliphatic rings. The van der Waals surface area contributed by atoms with Crippen LogP contribution in [0.5, 0.6) is 0 Å². The molecule has 1 aromatic carbocycles. The molecule has 0 atom stereocenters. The summed E-state index contributed by atoms with van der Waals surface area (Å²) in [6, 6.07) is 10.9. The molecule has 0 radical (unpaired) electrons. The van der Waals surface area contributed by atoms with Crippen molar-refractivity contribution >= 4 is 11.8 Å². The Balaban J connectivity index is 2.25. The molecule has 2 nitrogen and oxygen atoms in total. The summed E-state index contributed by atoms with van der Waals surface area (Å²) in [5.41, 5.74) is 6.82. The molecular weight excluding hydrogens is 276 g/mol. The average molecular weight is 294 g/mol. The zero-order valence-corrected chi connectivity index (χ0v) is 13.3. The highest BCUT2D eigenvalue weighted by atomic mass is 32.2. The van der Waals surface area contributed by atoms with Crippen LogP contribution in [0.15, 0.2) is 29.3 Å². The second-order valence-electron chi connectivity index (χ2n) is 5.49. The summed E-state index contributed by atoms with van der Waals surface area (Å²) in [4.78, 5) is 4.82. The van der Waals surface area contributed by atoms with Crippen LogP contribution < -0.4 is 0 Å². The molecule has 106 valence electrons. The van der Waals surface area contributed by atoms with Crippen LogP contribution in [0.1, 0.15) is 35.1 Å². The molecule has 2 aromatic rings. The lowest BCUT2D eigenvalue weighted by atomic mass is 9.86. The number of rotatable bonds is 2. The van der Waals surface area contributed by atoms with E-state index >= 15 is 0 Å². The predicted octanol–water partition coefficient (Wildman–Crippen LogP) is 4.53. The van der Waals surface area contributed by atoms with E-state index in [9.17, 15) is 5.26 Å². The largest absolute Gasteiger partial charge is 0.240 e. The van der Waals surface area contributed by atoms with Crippen molar-refractivity contribution in [1.29, 1.82) is 5.26 Å². The normalized spacial score (nSPS) is 13.6. The molecule has 0 saturated carbocycles. The van der Waals surface area contributed by atoms with Crippen LogP contribution in [0, 0.1) is 18.3 Å². The first-order valence-electron chi connectivity index (χ1n) is 7.31. The summed E-state index contributed by atoms with van der Waals surface area (Å²) in [7, 11) is 0. The van der Waals surface area contributed by atoms with E-state index in [1.54, 1.807) is 11.8 Å². The van der Waals surface area contributed by atoms with Crippen molar-refractivity contribution in [1.82, 2.24) is 4.98 Å². The zero-order chi connectivity index (χ0) is 14.8. The quantitative estimate of drug-likeness (QED) is 0.764. The minimum atomic E-state index is 0.799. The van der Waals surface area contributed by atoms with Crippen LogP contribution in [0.2, 0.25) is 0 Å². The molecule has 0 saturated heterocycles. The van der Waals surface area contributed by atoms with Crippen LogP contribution in [-0.2, 0) is 12.8 Å². The van der Waals surface area contributed by atoms with Gasteiger partial charge in [-0.15, -0.1) is 11.8 Å². The lowest BCUT2D eigenvalue weighted by Gasteiger charge is -2.21. The van der Waals surface area contributed by atoms with Gasteiger partial charge in [0.1, 0.15) is 11.1 Å². The standard InChI is InChI=1S/C18H18N2S/c1-12-7-9-13(10-8-12)17-15-6-4-3-5-14(15)16(11-19)18(20-17)21-2/h7-10H,3-6H2,1-2H3. The van der Waals surface area contributed by atoms with Crippen LogP contribution in [-0.4, -0.2) is 11.2 Å². The number of nitriles is 1. The first-order valence-corrected chi connectivity index (χ1v) is 8.54. The number of aromatic nitrogens is 1. The van der Waals surface area contributed by atoms with E-state index in [4.69, 9.17) is 4.98 Å². The van der Waals surface area contributed by atoms with Crippen molar-refractivity contribution in [2.24, 2.45) is 0 Å². The van der Waals surface area contributed by atoms with E-state index in [-0.39, 0.29) is 0 Å². The van der Waals surface area contributed by atoms with Crippen molar-refractivity contribution in [2.45, 2.75) is 37.6 Å². The van der Waals surface area contributed by atoms with Crippen molar-refractivity contribution in [2.75, 3.05) is 6.26 Å². The van der Waals surface area contributed by atoms with Gasteiger partial charge >= 0.3 is 0 Å². The van der Waals surface area contributed by atoms with Gasteiger partial charge in [0.05, 0.1) is 11.3 Å². The SMILES string of the molecule is CSc1nc(-c2ccc(C)cc2)c2c(c1C#N)CCCC2. The van der Waals surface area contributed by atoms with Crippen molar-refractivity contribution in [3.63, 3.8) is 0 Å². The van der Waals surface area contributed by atoms with Crippen LogP contribution in [0.25, 0.3) is 11.3 Å². The molecule has 0 unspecified atom stereocenters. The Morgan fingerprint density at radius 2 is 1.76 bits per heavy atom. The number of aryl methyl sites for hydroxylation is 1. The maximum absolute atomic E-state index is 9.50. The minimum absolute atomic E-state index is 0.799. The highest BCUT2D eigenvalue weighted by Gasteiger charge is 2.22. The topological polar surface area (TPSA) is 36.7 Å². The summed E-state index contributed by atoms with van der Waals surface area (Å²) < 4.78 is 0. The molecule has 3 rings (SSSR count). The summed E-state index contributed by atoms with van der Waals surface area (Å²) in [5.74, 6) is 0. The third-order valence-corrected chi connectivity index (χ3v) is 4.79. The van der Waals surface area contributed by atoms with Crippen molar-refractivity contribution in [3.8, 4) is 17.3 Å². The number of thioether (sulfide) groups is 1. The average Bonchev–Trinajstić information content (AvgIpc) is 2.54. The highest BCUT2D eigenvalue weighted by molar-refractivity contribution is 7.98. The maximum Gasteiger partial charge on any atom is 0.115 e. The van der Waals surface area contributed by atoms with Gasteiger partial charge in [0.25, 0.3) is 0 Å². The number of hydrogen-bond acceptors (Lipinski definition) is 3. The Morgan fingerprint density at radius 3 is 2.38 bits per heavy atom. The predicted molar refractivity (Wildman–Crippen MR) is 87.5 cm³/mol. The van der Waals surface area contributed by atoms with Gasteiger partial charge in [0, 0.05) is 5.56 Å². The van der Waals surface area contributed by atoms with E-state index < -0.39 is 0 Å². The number of nitrogens with zero attached hydrogens (tertiary/aromatic N) is 2. The highest BCUT2D eigenvalue weighted by Crippen LogP contribution is 2.35. The fourth-order valence-corrected chi connectivity index (χ4v) is 3.57. The van der Waals surface area contributed by atoms with Gasteiger partial charge in [-0.1, -0.05) is 29.8 Å². The molecule has 0 spiro atoms. The molecule has 0 N–H and O–H groups in total. The molecule has 1 heterocycles. The summed E-state index contributed by atoms with van der Waals surface area (Å²) in [6.45, 7) is 2.10. The lowest BCUT2D eigenvalue weighted by molar-refractivity contribution is 0.677. The maximum atomic E-state index is 9.50. The smallest absolute Gasteiger partial charge is 0.115 e. The fraction of sp³-hybridized carbons (Fsp3) is 0.333. The molecule has 1 aromatic heterocycles. The van der Waals surface area contributed by atoms with Crippen LogP contribution in [0.4, 0.5) is 0 Å². The van der Waals surface area contributed by atoms with Crippen molar-refractivity contribution < 1.29 is 0 Å². The van der Waals surface area contributed by atoms with E-state index in [1.807, 2.05) is 6.26 Å². The van der Waals surface area contributed by atoms with Crippen LogP contribution in [0.3, 0.4) is 0 Å². The van der Waals surface area contributed by atoms with E-state index in [1.165, 1.54) is 35.1 Å². The third-order valence-electron chi connectivity index (χ3n) is 4.11. The number of fused-ring (bicyclic) bond motifs is 1. The summed E-state index contributed by atoms with van der Waals surface area (Å²) in [5, 5.41) is 10.4. The van der Waals surface area contributed by atoms with E-state index in [0.29, 0.717) is 0 Å². The summed E-state index contributed by atoms with van der Waals surface area (Å²) >= 11 is 1.57. The minimum Gasteiger partial charge on any atom is -0.240 e. The van der Waals surface area contributed by atoms with Crippen LogP contribution >= 0.6 is 11.8 Å². The molecule has 1 aliphatic carbocycles. The van der Waals surface area contributed by atoms with Gasteiger partial charge in [-0.25, -0.2) is 4.98 Å². The van der Waals surface area contributed by atoms with Gasteiger partial charge in [0.2, 0.25) is 0 Å². The number of pyridine rings is 1. The first-order chi connectivity index (χ1) is 10.2. The van der Waals surface area contributed by atoms with Gasteiger partial charge in [0.15, 0.2) is 0 Å². The number of benzene rings is 1. The number of hydrogen-bond donors (Lipinski definition) is 0. The first kappa shape index (κ1) is 14.2. The second-order valence-corrected chi connectivity index (χ2v) is 6.28. The van der Waals surface area contributed by atoms with Gasteiger partial charge in [-0.3, -0.25) is 0 Å². The summed E-state index contributed by atoms with van der Waals surface area (Å²) in [6.07, 6.45) is 6.41. The Morgan fingerprint density at radius 1 is 1.10 bits per heavy atom. The lowest BCUT2D eigenvalue weighted by Crippen LogP contribution is -2.10. The second kappa shape index (κ2) is 5.91. The molecule has 3 heteroatoms. The van der Waals surface area contributed by atoms with E-state index in [2.05, 4.69) is 37.3 Å². The Bertz CT molecular complexity index is 711. The zero-order valence-electron chi connectivity index (χ0n) is 12.4. The third kappa shape index (κ3) is 2.56. The van der Waals surface area contributed by atoms with Gasteiger partial charge in [-0.05, 0) is 50.0 Å². The fourth-order valence-electron chi connectivity index (χ4n) is 3.01. The molecule has 0 fully saturated rings. The van der Waals surface area contributed by atoms with Gasteiger partial charge in [-0.2, -0.15) is 5.26 Å². The molecule has 0 amide bonds. The van der Waals surface area contributed by atoms with Gasteiger partial charge < -0.3 is 0 Å². The monoisotopic (exact) mass is 294 g/mol. The molecule has 0 aliphatic heterocycles. The van der Waals surface area contributed by atoms with E-state index in [0.717, 1.165) is 29.1 Å². The molecule has 21 heavy (non-hydrogen) atoms. The Kier molecular flexibility index (Phi) is 3.98.